The van der Waals surface area contributed by atoms with Gasteiger partial charge in [0.2, 0.25) is 0 Å². The molecule has 26 heavy (non-hydrogen) atoms. The summed E-state index contributed by atoms with van der Waals surface area (Å²) in [6, 6.07) is 15.6. The summed E-state index contributed by atoms with van der Waals surface area (Å²) in [6.45, 7) is 3.70. The molecule has 3 rings (SSSR count). The summed E-state index contributed by atoms with van der Waals surface area (Å²) < 4.78 is 27.4. The quantitative estimate of drug-likeness (QED) is 0.464. The highest BCUT2D eigenvalue weighted by atomic mass is 32.2. The number of aliphatic hydroxyl groups excluding tert-OH is 1. The van der Waals surface area contributed by atoms with E-state index in [0.717, 1.165) is 24.6 Å². The first-order valence-corrected chi connectivity index (χ1v) is 10.2. The molecule has 136 valence electrons. The number of nitrogens with zero attached hydrogens (tertiary/aromatic N) is 1. The number of hydrogen-bond acceptors (Lipinski definition) is 3. The molecule has 1 heterocycles. The van der Waals surface area contributed by atoms with Gasteiger partial charge in [0.15, 0.2) is 0 Å². The normalized spacial score (nSPS) is 13.0. The van der Waals surface area contributed by atoms with Crippen molar-refractivity contribution in [3.63, 3.8) is 0 Å². The summed E-state index contributed by atoms with van der Waals surface area (Å²) in [6.07, 6.45) is 6.05. The minimum Gasteiger partial charge on any atom is -0.388 e. The lowest BCUT2D eigenvalue weighted by Crippen LogP contribution is -2.11. The Bertz CT molecular complexity index is 991. The van der Waals surface area contributed by atoms with E-state index < -0.39 is 16.1 Å². The Hall–Kier alpha value is -2.37. The van der Waals surface area contributed by atoms with Crippen LogP contribution in [0.1, 0.15) is 37.4 Å². The number of fused-ring (bicyclic) bond motifs is 1. The van der Waals surface area contributed by atoms with Gasteiger partial charge in [-0.1, -0.05) is 48.9 Å². The SMILES string of the molecule is C=CCCCCC(O)c1cn(S(=O)(=O)c2ccccc2)c2ccccc12. The standard InChI is InChI=1S/C21H23NO3S/c1-2-3-4-8-15-21(23)19-16-22(20-14-10-9-13-18(19)20)26(24,25)17-11-6-5-7-12-17/h2,5-7,9-14,16,21,23H,1,3-4,8,15H2. The van der Waals surface area contributed by atoms with Gasteiger partial charge >= 0.3 is 0 Å². The Balaban J connectivity index is 2.02. The molecule has 0 spiro atoms. The minimum absolute atomic E-state index is 0.229. The number of aliphatic hydroxyl groups is 1. The summed E-state index contributed by atoms with van der Waals surface area (Å²) in [5, 5.41) is 11.4. The number of para-hydroxylation sites is 1. The lowest BCUT2D eigenvalue weighted by molar-refractivity contribution is 0.165. The van der Waals surface area contributed by atoms with Crippen molar-refractivity contribution in [3.05, 3.63) is 79.0 Å². The van der Waals surface area contributed by atoms with Crippen molar-refractivity contribution >= 4 is 20.9 Å². The minimum atomic E-state index is -3.72. The van der Waals surface area contributed by atoms with Crippen molar-refractivity contribution in [1.82, 2.24) is 3.97 Å². The van der Waals surface area contributed by atoms with E-state index in [2.05, 4.69) is 6.58 Å². The smallest absolute Gasteiger partial charge is 0.268 e. The lowest BCUT2D eigenvalue weighted by Gasteiger charge is -2.09. The summed E-state index contributed by atoms with van der Waals surface area (Å²) in [5.74, 6) is 0. The van der Waals surface area contributed by atoms with Crippen LogP contribution < -0.4 is 0 Å². The van der Waals surface area contributed by atoms with Gasteiger partial charge in [-0.05, 0) is 37.5 Å². The van der Waals surface area contributed by atoms with Gasteiger partial charge in [0, 0.05) is 17.1 Å². The van der Waals surface area contributed by atoms with Crippen molar-refractivity contribution in [2.24, 2.45) is 0 Å². The van der Waals surface area contributed by atoms with E-state index in [4.69, 9.17) is 0 Å². The molecule has 2 aromatic carbocycles. The maximum Gasteiger partial charge on any atom is 0.268 e. The molecule has 0 aliphatic rings. The Labute approximate surface area is 154 Å². The summed E-state index contributed by atoms with van der Waals surface area (Å²) in [5.41, 5.74) is 1.23. The monoisotopic (exact) mass is 369 g/mol. The van der Waals surface area contributed by atoms with Gasteiger partial charge in [-0.15, -0.1) is 6.58 Å². The van der Waals surface area contributed by atoms with Crippen LogP contribution in [0.3, 0.4) is 0 Å². The molecule has 0 bridgehead atoms. The third-order valence-corrected chi connectivity index (χ3v) is 6.19. The lowest BCUT2D eigenvalue weighted by atomic mass is 10.0. The zero-order chi connectivity index (χ0) is 18.6. The number of benzene rings is 2. The Morgan fingerprint density at radius 2 is 1.73 bits per heavy atom. The topological polar surface area (TPSA) is 59.3 Å². The second-order valence-corrected chi connectivity index (χ2v) is 8.12. The number of unbranched alkanes of at least 4 members (excludes halogenated alkanes) is 2. The van der Waals surface area contributed by atoms with Crippen molar-refractivity contribution in [2.75, 3.05) is 0 Å². The van der Waals surface area contributed by atoms with Gasteiger partial charge in [0.1, 0.15) is 0 Å². The van der Waals surface area contributed by atoms with Crippen LogP contribution in [0.25, 0.3) is 10.9 Å². The fourth-order valence-corrected chi connectivity index (χ4v) is 4.53. The highest BCUT2D eigenvalue weighted by molar-refractivity contribution is 7.90. The summed E-state index contributed by atoms with van der Waals surface area (Å²) in [7, 11) is -3.72. The molecule has 4 nitrogen and oxygen atoms in total. The van der Waals surface area contributed by atoms with E-state index in [1.165, 1.54) is 3.97 Å². The van der Waals surface area contributed by atoms with Crippen LogP contribution in [0.15, 0.2) is 78.3 Å². The van der Waals surface area contributed by atoms with Crippen molar-refractivity contribution in [3.8, 4) is 0 Å². The van der Waals surface area contributed by atoms with E-state index in [1.54, 1.807) is 48.7 Å². The predicted octanol–water partition coefficient (Wildman–Crippen LogP) is 4.66. The van der Waals surface area contributed by atoms with Crippen LogP contribution in [-0.2, 0) is 10.0 Å². The Morgan fingerprint density at radius 3 is 2.46 bits per heavy atom. The van der Waals surface area contributed by atoms with Gasteiger partial charge in [-0.3, -0.25) is 0 Å². The Morgan fingerprint density at radius 1 is 1.04 bits per heavy atom. The van der Waals surface area contributed by atoms with Crippen LogP contribution in [-0.4, -0.2) is 17.5 Å². The van der Waals surface area contributed by atoms with Crippen LogP contribution >= 0.6 is 0 Å². The van der Waals surface area contributed by atoms with Crippen LogP contribution in [0.4, 0.5) is 0 Å². The van der Waals surface area contributed by atoms with Gasteiger partial charge < -0.3 is 5.11 Å². The molecule has 0 aliphatic heterocycles. The van der Waals surface area contributed by atoms with Gasteiger partial charge in [0.25, 0.3) is 10.0 Å². The number of rotatable bonds is 8. The van der Waals surface area contributed by atoms with Gasteiger partial charge in [-0.2, -0.15) is 0 Å². The van der Waals surface area contributed by atoms with Crippen LogP contribution in [0.5, 0.6) is 0 Å². The van der Waals surface area contributed by atoms with E-state index in [-0.39, 0.29) is 4.90 Å². The first kappa shape index (κ1) is 18.4. The van der Waals surface area contributed by atoms with Crippen LogP contribution in [0.2, 0.25) is 0 Å². The zero-order valence-electron chi connectivity index (χ0n) is 14.6. The fraction of sp³-hybridized carbons (Fsp3) is 0.238. The maximum absolute atomic E-state index is 13.1. The van der Waals surface area contributed by atoms with Crippen molar-refractivity contribution < 1.29 is 13.5 Å². The van der Waals surface area contributed by atoms with Crippen molar-refractivity contribution in [1.29, 1.82) is 0 Å². The second kappa shape index (κ2) is 7.89. The molecule has 0 aliphatic carbocycles. The molecule has 0 saturated heterocycles. The van der Waals surface area contributed by atoms with Crippen molar-refractivity contribution in [2.45, 2.75) is 36.7 Å². The average molecular weight is 369 g/mol. The molecule has 0 radical (unpaired) electrons. The second-order valence-electron chi connectivity index (χ2n) is 6.30. The van der Waals surface area contributed by atoms with E-state index in [1.807, 2.05) is 18.2 Å². The third kappa shape index (κ3) is 3.59. The molecule has 1 unspecified atom stereocenters. The molecule has 3 aromatic rings. The molecule has 1 N–H and O–H groups in total. The fourth-order valence-electron chi connectivity index (χ4n) is 3.13. The molecule has 1 aromatic heterocycles. The molecule has 0 saturated carbocycles. The predicted molar refractivity (Wildman–Crippen MR) is 105 cm³/mol. The molecule has 1 atom stereocenters. The van der Waals surface area contributed by atoms with Gasteiger partial charge in [0.05, 0.1) is 16.5 Å². The third-order valence-electron chi connectivity index (χ3n) is 4.50. The number of aromatic nitrogens is 1. The first-order valence-electron chi connectivity index (χ1n) is 8.75. The van der Waals surface area contributed by atoms with Gasteiger partial charge in [-0.25, -0.2) is 12.4 Å². The van der Waals surface area contributed by atoms with E-state index >= 15 is 0 Å². The van der Waals surface area contributed by atoms with Crippen LogP contribution in [0, 0.1) is 0 Å². The molecule has 0 fully saturated rings. The van der Waals surface area contributed by atoms with E-state index in [9.17, 15) is 13.5 Å². The summed E-state index contributed by atoms with van der Waals surface area (Å²) >= 11 is 0. The molecular weight excluding hydrogens is 346 g/mol. The highest BCUT2D eigenvalue weighted by Crippen LogP contribution is 2.31. The number of hydrogen-bond donors (Lipinski definition) is 1. The summed E-state index contributed by atoms with van der Waals surface area (Å²) in [4.78, 5) is 0.229. The first-order chi connectivity index (χ1) is 12.6. The number of allylic oxidation sites excluding steroid dienone is 1. The zero-order valence-corrected chi connectivity index (χ0v) is 15.4. The Kier molecular flexibility index (Phi) is 5.59. The molecule has 0 amide bonds. The van der Waals surface area contributed by atoms with E-state index in [0.29, 0.717) is 17.5 Å². The largest absolute Gasteiger partial charge is 0.388 e. The molecular formula is C21H23NO3S. The average Bonchev–Trinajstić information content (AvgIpc) is 3.06. The maximum atomic E-state index is 13.1. The molecule has 5 heteroatoms. The highest BCUT2D eigenvalue weighted by Gasteiger charge is 2.23.